The van der Waals surface area contributed by atoms with Gasteiger partial charge in [-0.25, -0.2) is 0 Å². The lowest BCUT2D eigenvalue weighted by molar-refractivity contribution is 0.0827. The molecule has 3 rings (SSSR count). The molecule has 162 valence electrons. The number of hydrogen-bond donors (Lipinski definition) is 2. The molecular formula is C24H27N3O4. The predicted molar refractivity (Wildman–Crippen MR) is 123 cm³/mol. The van der Waals surface area contributed by atoms with Gasteiger partial charge in [0.15, 0.2) is 0 Å². The number of carbonyl (C=O) groups excluding carboxylic acids is 1. The van der Waals surface area contributed by atoms with Crippen LogP contribution in [-0.2, 0) is 0 Å². The van der Waals surface area contributed by atoms with Gasteiger partial charge in [0.1, 0.15) is 17.1 Å². The highest BCUT2D eigenvalue weighted by molar-refractivity contribution is 5.95. The van der Waals surface area contributed by atoms with Crippen LogP contribution in [0.25, 0.3) is 0 Å². The summed E-state index contributed by atoms with van der Waals surface area (Å²) in [5.41, 5.74) is 1.34. The summed E-state index contributed by atoms with van der Waals surface area (Å²) in [4.78, 5) is 38.2. The normalized spacial score (nSPS) is 11.7. The molecule has 0 spiro atoms. The van der Waals surface area contributed by atoms with Gasteiger partial charge in [-0.05, 0) is 49.2 Å². The van der Waals surface area contributed by atoms with Gasteiger partial charge in [-0.3, -0.25) is 14.4 Å². The quantitative estimate of drug-likeness (QED) is 0.513. The second-order valence-electron chi connectivity index (χ2n) is 7.42. The van der Waals surface area contributed by atoms with Crippen molar-refractivity contribution < 1.29 is 9.53 Å². The average Bonchev–Trinajstić information content (AvgIpc) is 2.78. The third kappa shape index (κ3) is 4.77. The van der Waals surface area contributed by atoms with Crippen molar-refractivity contribution in [3.05, 3.63) is 80.1 Å². The summed E-state index contributed by atoms with van der Waals surface area (Å²) in [5.74, 6) is 0.609. The number of hydrogen-bond acceptors (Lipinski definition) is 6. The average molecular weight is 421 g/mol. The van der Waals surface area contributed by atoms with E-state index in [0.717, 1.165) is 11.3 Å². The maximum atomic E-state index is 12.3. The van der Waals surface area contributed by atoms with E-state index < -0.39 is 10.9 Å². The molecule has 0 aliphatic heterocycles. The summed E-state index contributed by atoms with van der Waals surface area (Å²) in [7, 11) is 3.35. The Morgan fingerprint density at radius 3 is 2.39 bits per heavy atom. The van der Waals surface area contributed by atoms with E-state index in [-0.39, 0.29) is 23.3 Å². The lowest BCUT2D eigenvalue weighted by Gasteiger charge is -2.22. The first kappa shape index (κ1) is 22.1. The minimum absolute atomic E-state index is 0.146. The van der Waals surface area contributed by atoms with Crippen molar-refractivity contribution in [2.75, 3.05) is 31.3 Å². The zero-order chi connectivity index (χ0) is 22.5. The van der Waals surface area contributed by atoms with Crippen LogP contribution in [0.5, 0.6) is 5.75 Å². The molecule has 7 heteroatoms. The Balaban J connectivity index is 1.84. The van der Waals surface area contributed by atoms with Gasteiger partial charge in [0.2, 0.25) is 0 Å². The van der Waals surface area contributed by atoms with Crippen LogP contribution in [0.3, 0.4) is 0 Å². The van der Waals surface area contributed by atoms with Crippen LogP contribution in [0.2, 0.25) is 0 Å². The Kier molecular flexibility index (Phi) is 6.74. The molecule has 0 aliphatic carbocycles. The fourth-order valence-corrected chi connectivity index (χ4v) is 3.36. The van der Waals surface area contributed by atoms with Crippen molar-refractivity contribution in [1.82, 2.24) is 4.90 Å². The second-order valence-corrected chi connectivity index (χ2v) is 7.42. The number of amides is 1. The molecule has 0 heterocycles. The zero-order valence-electron chi connectivity index (χ0n) is 18.2. The highest BCUT2D eigenvalue weighted by atomic mass is 16.5. The largest absolute Gasteiger partial charge is 0.494 e. The summed E-state index contributed by atoms with van der Waals surface area (Å²) in [5, 5.41) is 6.22. The fourth-order valence-electron chi connectivity index (χ4n) is 3.36. The molecule has 0 aliphatic rings. The number of anilines is 3. The Bertz CT molecular complexity index is 1150. The van der Waals surface area contributed by atoms with Gasteiger partial charge in [-0.2, -0.15) is 0 Å². The molecule has 0 aromatic heterocycles. The van der Waals surface area contributed by atoms with Gasteiger partial charge in [0.25, 0.3) is 16.8 Å². The van der Waals surface area contributed by atoms with Crippen LogP contribution in [-0.4, -0.2) is 31.5 Å². The molecule has 0 saturated carbocycles. The van der Waals surface area contributed by atoms with Gasteiger partial charge in [-0.15, -0.1) is 0 Å². The molecule has 3 aromatic carbocycles. The highest BCUT2D eigenvalue weighted by Crippen LogP contribution is 2.29. The standard InChI is InChI=1S/C24H27N3O4/c1-5-19(15-9-8-12-18(14-15)31-6-2)26-21-20(22(28)23(21)29)25-17-11-7-10-16(13-17)24(30)27(3)4/h7-14,19,25-26H,5-6H2,1-4H3. The third-order valence-corrected chi connectivity index (χ3v) is 4.99. The third-order valence-electron chi connectivity index (χ3n) is 4.99. The SMILES string of the molecule is CCOc1cccc(C(CC)Nc2c(Nc3cccc(C(=O)N(C)C)c3)c(=O)c2=O)c1. The number of nitrogens with zero attached hydrogens (tertiary/aromatic N) is 1. The lowest BCUT2D eigenvalue weighted by atomic mass is 10.0. The molecule has 2 N–H and O–H groups in total. The first-order valence-electron chi connectivity index (χ1n) is 10.3. The monoisotopic (exact) mass is 421 g/mol. The molecule has 0 radical (unpaired) electrons. The van der Waals surface area contributed by atoms with Gasteiger partial charge in [0.05, 0.1) is 12.6 Å². The predicted octanol–water partition coefficient (Wildman–Crippen LogP) is 3.69. The van der Waals surface area contributed by atoms with Gasteiger partial charge in [-0.1, -0.05) is 25.1 Å². The van der Waals surface area contributed by atoms with E-state index in [1.807, 2.05) is 38.1 Å². The van der Waals surface area contributed by atoms with Crippen molar-refractivity contribution in [3.8, 4) is 5.75 Å². The van der Waals surface area contributed by atoms with E-state index >= 15 is 0 Å². The van der Waals surface area contributed by atoms with Crippen LogP contribution in [0.1, 0.15) is 42.2 Å². The number of benzene rings is 2. The first-order chi connectivity index (χ1) is 14.8. The van der Waals surface area contributed by atoms with Crippen molar-refractivity contribution >= 4 is 23.0 Å². The second kappa shape index (κ2) is 9.47. The topological polar surface area (TPSA) is 87.7 Å². The Hall–Kier alpha value is -3.61. The highest BCUT2D eigenvalue weighted by Gasteiger charge is 2.24. The van der Waals surface area contributed by atoms with E-state index in [1.165, 1.54) is 4.90 Å². The Morgan fingerprint density at radius 2 is 1.71 bits per heavy atom. The summed E-state index contributed by atoms with van der Waals surface area (Å²) in [6, 6.07) is 14.3. The number of ether oxygens (including phenoxy) is 1. The van der Waals surface area contributed by atoms with E-state index in [1.54, 1.807) is 38.4 Å². The minimum Gasteiger partial charge on any atom is -0.494 e. The van der Waals surface area contributed by atoms with Gasteiger partial charge >= 0.3 is 0 Å². The summed E-state index contributed by atoms with van der Waals surface area (Å²) < 4.78 is 5.57. The van der Waals surface area contributed by atoms with Crippen molar-refractivity contribution in [2.45, 2.75) is 26.3 Å². The molecule has 7 nitrogen and oxygen atoms in total. The van der Waals surface area contributed by atoms with Crippen molar-refractivity contribution in [2.24, 2.45) is 0 Å². The van der Waals surface area contributed by atoms with Gasteiger partial charge in [0, 0.05) is 25.3 Å². The van der Waals surface area contributed by atoms with Crippen LogP contribution in [0, 0.1) is 0 Å². The minimum atomic E-state index is -0.579. The summed E-state index contributed by atoms with van der Waals surface area (Å²) in [6.07, 6.45) is 0.709. The molecular weight excluding hydrogens is 394 g/mol. The molecule has 1 atom stereocenters. The fraction of sp³-hybridized carbons (Fsp3) is 0.292. The lowest BCUT2D eigenvalue weighted by Crippen LogP contribution is -2.37. The molecule has 0 fully saturated rings. The van der Waals surface area contributed by atoms with Gasteiger partial charge < -0.3 is 20.3 Å². The van der Waals surface area contributed by atoms with Crippen LogP contribution >= 0.6 is 0 Å². The number of rotatable bonds is 9. The zero-order valence-corrected chi connectivity index (χ0v) is 18.2. The molecule has 0 bridgehead atoms. The van der Waals surface area contributed by atoms with E-state index in [4.69, 9.17) is 4.74 Å². The maximum absolute atomic E-state index is 12.3. The number of nitrogens with one attached hydrogen (secondary N) is 2. The van der Waals surface area contributed by atoms with Crippen molar-refractivity contribution in [1.29, 1.82) is 0 Å². The van der Waals surface area contributed by atoms with E-state index in [0.29, 0.717) is 24.3 Å². The first-order valence-corrected chi connectivity index (χ1v) is 10.3. The van der Waals surface area contributed by atoms with Crippen LogP contribution in [0.4, 0.5) is 17.1 Å². The summed E-state index contributed by atoms with van der Waals surface area (Å²) in [6.45, 7) is 4.49. The summed E-state index contributed by atoms with van der Waals surface area (Å²) >= 11 is 0. The molecule has 0 saturated heterocycles. The van der Waals surface area contributed by atoms with Crippen LogP contribution < -0.4 is 26.2 Å². The Morgan fingerprint density at radius 1 is 1.00 bits per heavy atom. The number of carbonyl (C=O) groups is 1. The molecule has 3 aromatic rings. The molecule has 1 amide bonds. The Labute approximate surface area is 181 Å². The maximum Gasteiger partial charge on any atom is 0.253 e. The molecule has 1 unspecified atom stereocenters. The van der Waals surface area contributed by atoms with Crippen LogP contribution in [0.15, 0.2) is 58.1 Å². The van der Waals surface area contributed by atoms with Crippen molar-refractivity contribution in [3.63, 3.8) is 0 Å². The van der Waals surface area contributed by atoms with E-state index in [2.05, 4.69) is 10.6 Å². The molecule has 31 heavy (non-hydrogen) atoms. The van der Waals surface area contributed by atoms with E-state index in [9.17, 15) is 14.4 Å². The smallest absolute Gasteiger partial charge is 0.253 e.